The predicted molar refractivity (Wildman–Crippen MR) is 106 cm³/mol. The van der Waals surface area contributed by atoms with E-state index in [9.17, 15) is 9.59 Å². The van der Waals surface area contributed by atoms with Crippen LogP contribution in [0.25, 0.3) is 5.57 Å². The number of amides is 2. The minimum absolute atomic E-state index is 0.151. The largest absolute Gasteiger partial charge is 0.379 e. The zero-order valence-electron chi connectivity index (χ0n) is 16.7. The standard InChI is InChI=1S/C22H30N2O3/c1-16(2)27-15-7-14-24-21(25)19(18-10-8-17(3)9-11-18)20(22(24)26)23-12-5-4-6-13-23/h8-11,16H,4-7,12-15H2,1-3H3. The Morgan fingerprint density at radius 2 is 1.67 bits per heavy atom. The first kappa shape index (κ1) is 19.6. The van der Waals surface area contributed by atoms with Crippen molar-refractivity contribution in [1.82, 2.24) is 9.80 Å². The van der Waals surface area contributed by atoms with Crippen molar-refractivity contribution in [3.05, 3.63) is 41.1 Å². The van der Waals surface area contributed by atoms with Gasteiger partial charge < -0.3 is 9.64 Å². The number of piperidine rings is 1. The third-order valence-corrected chi connectivity index (χ3v) is 5.13. The number of ether oxygens (including phenoxy) is 1. The molecule has 1 fully saturated rings. The highest BCUT2D eigenvalue weighted by atomic mass is 16.5. The molecule has 0 atom stereocenters. The van der Waals surface area contributed by atoms with Crippen LogP contribution in [-0.4, -0.2) is 54.0 Å². The van der Waals surface area contributed by atoms with Crippen molar-refractivity contribution in [2.24, 2.45) is 0 Å². The van der Waals surface area contributed by atoms with Crippen LogP contribution in [0.1, 0.15) is 50.7 Å². The molecule has 5 heteroatoms. The summed E-state index contributed by atoms with van der Waals surface area (Å²) in [5.74, 6) is -0.323. The Labute approximate surface area is 162 Å². The van der Waals surface area contributed by atoms with Gasteiger partial charge in [0.2, 0.25) is 0 Å². The van der Waals surface area contributed by atoms with Gasteiger partial charge in [0.05, 0.1) is 11.7 Å². The number of carbonyl (C=O) groups excluding carboxylic acids is 2. The second-order valence-electron chi connectivity index (χ2n) is 7.67. The minimum Gasteiger partial charge on any atom is -0.379 e. The van der Waals surface area contributed by atoms with Crippen LogP contribution in [-0.2, 0) is 14.3 Å². The van der Waals surface area contributed by atoms with E-state index in [4.69, 9.17) is 4.74 Å². The van der Waals surface area contributed by atoms with E-state index in [1.54, 1.807) is 0 Å². The van der Waals surface area contributed by atoms with Crippen molar-refractivity contribution in [3.8, 4) is 0 Å². The molecule has 5 nitrogen and oxygen atoms in total. The molecule has 0 aliphatic carbocycles. The normalized spacial score (nSPS) is 18.2. The highest BCUT2D eigenvalue weighted by Crippen LogP contribution is 2.33. The van der Waals surface area contributed by atoms with Crippen molar-refractivity contribution in [2.75, 3.05) is 26.2 Å². The predicted octanol–water partition coefficient (Wildman–Crippen LogP) is 3.38. The lowest BCUT2D eigenvalue weighted by Crippen LogP contribution is -2.38. The van der Waals surface area contributed by atoms with Gasteiger partial charge >= 0.3 is 0 Å². The number of likely N-dealkylation sites (tertiary alicyclic amines) is 1. The molecule has 0 bridgehead atoms. The Kier molecular flexibility index (Phi) is 6.32. The third kappa shape index (κ3) is 4.41. The third-order valence-electron chi connectivity index (χ3n) is 5.13. The highest BCUT2D eigenvalue weighted by Gasteiger charge is 2.41. The van der Waals surface area contributed by atoms with E-state index in [1.807, 2.05) is 45.0 Å². The average molecular weight is 370 g/mol. The number of nitrogens with zero attached hydrogens (tertiary/aromatic N) is 2. The quantitative estimate of drug-likeness (QED) is 0.545. The van der Waals surface area contributed by atoms with Gasteiger partial charge in [-0.15, -0.1) is 0 Å². The zero-order chi connectivity index (χ0) is 19.4. The molecule has 3 rings (SSSR count). The molecule has 2 heterocycles. The van der Waals surface area contributed by atoms with E-state index in [1.165, 1.54) is 11.3 Å². The van der Waals surface area contributed by atoms with E-state index in [2.05, 4.69) is 4.90 Å². The molecule has 0 spiro atoms. The Hall–Kier alpha value is -2.14. The summed E-state index contributed by atoms with van der Waals surface area (Å²) in [6.45, 7) is 8.62. The lowest BCUT2D eigenvalue weighted by atomic mass is 10.0. The molecule has 1 aromatic carbocycles. The maximum absolute atomic E-state index is 13.2. The smallest absolute Gasteiger partial charge is 0.277 e. The summed E-state index contributed by atoms with van der Waals surface area (Å²) in [5.41, 5.74) is 3.12. The van der Waals surface area contributed by atoms with Gasteiger partial charge in [-0.1, -0.05) is 29.8 Å². The fourth-order valence-electron chi connectivity index (χ4n) is 3.70. The molecular weight excluding hydrogens is 340 g/mol. The van der Waals surface area contributed by atoms with Gasteiger partial charge in [0.1, 0.15) is 5.70 Å². The van der Waals surface area contributed by atoms with Crippen molar-refractivity contribution in [3.63, 3.8) is 0 Å². The number of aryl methyl sites for hydroxylation is 1. The molecule has 2 amide bonds. The topological polar surface area (TPSA) is 49.9 Å². The number of hydrogen-bond acceptors (Lipinski definition) is 4. The molecule has 2 aliphatic rings. The van der Waals surface area contributed by atoms with Gasteiger partial charge in [-0.3, -0.25) is 14.5 Å². The summed E-state index contributed by atoms with van der Waals surface area (Å²) >= 11 is 0. The molecule has 0 N–H and O–H groups in total. The first-order chi connectivity index (χ1) is 13.0. The second-order valence-corrected chi connectivity index (χ2v) is 7.67. The SMILES string of the molecule is Cc1ccc(C2=C(N3CCCCC3)C(=O)N(CCCOC(C)C)C2=O)cc1. The lowest BCUT2D eigenvalue weighted by Gasteiger charge is -2.29. The molecule has 146 valence electrons. The van der Waals surface area contributed by atoms with Crippen LogP contribution in [0, 0.1) is 6.92 Å². The summed E-state index contributed by atoms with van der Waals surface area (Å²) in [5, 5.41) is 0. The molecule has 0 aromatic heterocycles. The Morgan fingerprint density at radius 3 is 2.30 bits per heavy atom. The Balaban J connectivity index is 1.86. The number of carbonyl (C=O) groups is 2. The van der Waals surface area contributed by atoms with Gasteiger partial charge in [0.15, 0.2) is 0 Å². The van der Waals surface area contributed by atoms with Crippen LogP contribution in [0.4, 0.5) is 0 Å². The molecular formula is C22H30N2O3. The van der Waals surface area contributed by atoms with E-state index in [0.717, 1.165) is 37.1 Å². The van der Waals surface area contributed by atoms with Gasteiger partial charge in [-0.2, -0.15) is 0 Å². The van der Waals surface area contributed by atoms with E-state index < -0.39 is 0 Å². The van der Waals surface area contributed by atoms with Crippen LogP contribution < -0.4 is 0 Å². The van der Waals surface area contributed by atoms with Gasteiger partial charge in [0.25, 0.3) is 11.8 Å². The van der Waals surface area contributed by atoms with Crippen LogP contribution in [0.5, 0.6) is 0 Å². The number of hydrogen-bond donors (Lipinski definition) is 0. The van der Waals surface area contributed by atoms with Crippen LogP contribution in [0.3, 0.4) is 0 Å². The van der Waals surface area contributed by atoms with Gasteiger partial charge in [-0.05, 0) is 52.0 Å². The van der Waals surface area contributed by atoms with Crippen molar-refractivity contribution >= 4 is 17.4 Å². The fraction of sp³-hybridized carbons (Fsp3) is 0.545. The first-order valence-electron chi connectivity index (χ1n) is 10.0. The fourth-order valence-corrected chi connectivity index (χ4v) is 3.70. The molecule has 2 aliphatic heterocycles. The lowest BCUT2D eigenvalue weighted by molar-refractivity contribution is -0.137. The van der Waals surface area contributed by atoms with Crippen LogP contribution >= 0.6 is 0 Å². The summed E-state index contributed by atoms with van der Waals surface area (Å²) in [4.78, 5) is 29.8. The maximum atomic E-state index is 13.2. The van der Waals surface area contributed by atoms with Crippen molar-refractivity contribution < 1.29 is 14.3 Å². The van der Waals surface area contributed by atoms with Crippen molar-refractivity contribution in [1.29, 1.82) is 0 Å². The second kappa shape index (κ2) is 8.70. The molecule has 0 unspecified atom stereocenters. The average Bonchev–Trinajstić information content (AvgIpc) is 2.90. The Bertz CT molecular complexity index is 716. The number of rotatable bonds is 7. The monoisotopic (exact) mass is 370 g/mol. The van der Waals surface area contributed by atoms with Crippen molar-refractivity contribution in [2.45, 2.75) is 52.6 Å². The summed E-state index contributed by atoms with van der Waals surface area (Å²) < 4.78 is 5.57. The number of imide groups is 1. The summed E-state index contributed by atoms with van der Waals surface area (Å²) in [7, 11) is 0. The molecule has 27 heavy (non-hydrogen) atoms. The highest BCUT2D eigenvalue weighted by molar-refractivity contribution is 6.35. The van der Waals surface area contributed by atoms with Gasteiger partial charge in [0, 0.05) is 26.2 Å². The van der Waals surface area contributed by atoms with E-state index in [-0.39, 0.29) is 17.9 Å². The maximum Gasteiger partial charge on any atom is 0.277 e. The number of benzene rings is 1. The van der Waals surface area contributed by atoms with Crippen LogP contribution in [0.2, 0.25) is 0 Å². The Morgan fingerprint density at radius 1 is 1.00 bits per heavy atom. The minimum atomic E-state index is -0.172. The van der Waals surface area contributed by atoms with Gasteiger partial charge in [-0.25, -0.2) is 0 Å². The van der Waals surface area contributed by atoms with Crippen LogP contribution in [0.15, 0.2) is 30.0 Å². The molecule has 1 aromatic rings. The summed E-state index contributed by atoms with van der Waals surface area (Å²) in [6, 6.07) is 7.89. The molecule has 0 saturated carbocycles. The zero-order valence-corrected chi connectivity index (χ0v) is 16.7. The molecule has 0 radical (unpaired) electrons. The molecule has 1 saturated heterocycles. The summed E-state index contributed by atoms with van der Waals surface area (Å²) in [6.07, 6.45) is 4.12. The van der Waals surface area contributed by atoms with E-state index in [0.29, 0.717) is 30.8 Å². The van der Waals surface area contributed by atoms with E-state index >= 15 is 0 Å². The first-order valence-corrected chi connectivity index (χ1v) is 10.0.